The number of carbonyl (C=O) groups excluding carboxylic acids is 1. The van der Waals surface area contributed by atoms with E-state index in [0.717, 1.165) is 23.4 Å². The number of fused-ring (bicyclic) bond motifs is 1. The zero-order chi connectivity index (χ0) is 18.7. The molecule has 1 aliphatic rings. The molecule has 2 heterocycles. The van der Waals surface area contributed by atoms with E-state index in [0.29, 0.717) is 17.7 Å². The van der Waals surface area contributed by atoms with Gasteiger partial charge in [0, 0.05) is 12.7 Å². The molecule has 0 aliphatic carbocycles. The van der Waals surface area contributed by atoms with Gasteiger partial charge in [-0.2, -0.15) is 13.2 Å². The van der Waals surface area contributed by atoms with Crippen molar-refractivity contribution in [2.24, 2.45) is 0 Å². The van der Waals surface area contributed by atoms with Crippen molar-refractivity contribution in [2.45, 2.75) is 17.7 Å². The summed E-state index contributed by atoms with van der Waals surface area (Å²) in [5, 5.41) is 2.73. The molecule has 138 valence electrons. The summed E-state index contributed by atoms with van der Waals surface area (Å²) in [6.45, 7) is 0.451. The van der Waals surface area contributed by atoms with Gasteiger partial charge in [-0.3, -0.25) is 4.79 Å². The lowest BCUT2D eigenvalue weighted by atomic mass is 10.2. The maximum Gasteiger partial charge on any atom is 0.417 e. The van der Waals surface area contributed by atoms with Crippen LogP contribution in [-0.2, 0) is 17.5 Å². The van der Waals surface area contributed by atoms with Gasteiger partial charge in [0.25, 0.3) is 0 Å². The van der Waals surface area contributed by atoms with Crippen LogP contribution in [0.4, 0.5) is 13.2 Å². The fraction of sp³-hybridized carbons (Fsp3) is 0.250. The van der Waals surface area contributed by atoms with Crippen LogP contribution in [0, 0.1) is 0 Å². The van der Waals surface area contributed by atoms with Gasteiger partial charge in [-0.15, -0.1) is 0 Å². The van der Waals surface area contributed by atoms with E-state index in [-0.39, 0.29) is 35.0 Å². The van der Waals surface area contributed by atoms with Crippen molar-refractivity contribution in [3.8, 4) is 11.5 Å². The van der Waals surface area contributed by atoms with Gasteiger partial charge in [-0.05, 0) is 23.8 Å². The van der Waals surface area contributed by atoms with Gasteiger partial charge in [0.15, 0.2) is 11.5 Å². The molecule has 3 rings (SSSR count). The Bertz CT molecular complexity index is 833. The van der Waals surface area contributed by atoms with Crippen LogP contribution in [0.5, 0.6) is 11.5 Å². The van der Waals surface area contributed by atoms with Crippen LogP contribution in [0.15, 0.2) is 35.5 Å². The average Bonchev–Trinajstić information content (AvgIpc) is 3.05. The van der Waals surface area contributed by atoms with E-state index in [1.807, 2.05) is 0 Å². The molecule has 0 fully saturated rings. The number of halogens is 4. The van der Waals surface area contributed by atoms with Crippen LogP contribution in [0.1, 0.15) is 11.1 Å². The van der Waals surface area contributed by atoms with Crippen LogP contribution in [0.2, 0.25) is 5.02 Å². The predicted octanol–water partition coefficient (Wildman–Crippen LogP) is 3.89. The highest BCUT2D eigenvalue weighted by Gasteiger charge is 2.31. The van der Waals surface area contributed by atoms with Crippen LogP contribution in [0.3, 0.4) is 0 Å². The van der Waals surface area contributed by atoms with Gasteiger partial charge >= 0.3 is 6.18 Å². The standard InChI is InChI=1S/C16H12ClF3N2O3S/c17-11-4-10(16(18,19)20)6-22-15(11)26-7-14(23)21-5-9-1-2-12-13(3-9)25-8-24-12/h1-4,6H,5,7-8H2,(H,21,23). The second kappa shape index (κ2) is 7.63. The summed E-state index contributed by atoms with van der Waals surface area (Å²) in [5.41, 5.74) is -0.0996. The number of hydrogen-bond acceptors (Lipinski definition) is 5. The van der Waals surface area contributed by atoms with E-state index in [4.69, 9.17) is 21.1 Å². The molecule has 1 aliphatic heterocycles. The Morgan fingerprint density at radius 1 is 1.27 bits per heavy atom. The zero-order valence-corrected chi connectivity index (χ0v) is 14.7. The third-order valence-electron chi connectivity index (χ3n) is 3.40. The first-order chi connectivity index (χ1) is 12.3. The summed E-state index contributed by atoms with van der Waals surface area (Å²) in [6, 6.07) is 6.12. The molecular formula is C16H12ClF3N2O3S. The highest BCUT2D eigenvalue weighted by Crippen LogP contribution is 2.34. The van der Waals surface area contributed by atoms with Crippen molar-refractivity contribution >= 4 is 29.3 Å². The smallest absolute Gasteiger partial charge is 0.417 e. The summed E-state index contributed by atoms with van der Waals surface area (Å²) in [6.07, 6.45) is -3.82. The SMILES string of the molecule is O=C(CSc1ncc(C(F)(F)F)cc1Cl)NCc1ccc2c(c1)OCO2. The topological polar surface area (TPSA) is 60.5 Å². The molecule has 0 bridgehead atoms. The fourth-order valence-corrected chi connectivity index (χ4v) is 3.15. The van der Waals surface area contributed by atoms with Gasteiger partial charge in [-0.25, -0.2) is 4.98 Å². The van der Waals surface area contributed by atoms with E-state index in [1.165, 1.54) is 0 Å². The molecule has 1 N–H and O–H groups in total. The molecule has 1 amide bonds. The lowest BCUT2D eigenvalue weighted by molar-refractivity contribution is -0.137. The minimum Gasteiger partial charge on any atom is -0.454 e. The molecule has 26 heavy (non-hydrogen) atoms. The molecule has 0 spiro atoms. The first-order valence-electron chi connectivity index (χ1n) is 7.33. The minimum absolute atomic E-state index is 0.0252. The first-order valence-corrected chi connectivity index (χ1v) is 8.70. The number of amides is 1. The number of benzene rings is 1. The van der Waals surface area contributed by atoms with E-state index < -0.39 is 11.7 Å². The number of pyridine rings is 1. The molecule has 5 nitrogen and oxygen atoms in total. The molecule has 1 aromatic carbocycles. The van der Waals surface area contributed by atoms with Gasteiger partial charge in [0.05, 0.1) is 16.3 Å². The fourth-order valence-electron chi connectivity index (χ4n) is 2.12. The number of carbonyl (C=O) groups is 1. The normalized spacial score (nSPS) is 12.9. The number of ether oxygens (including phenoxy) is 2. The summed E-state index contributed by atoms with van der Waals surface area (Å²) >= 11 is 6.77. The summed E-state index contributed by atoms with van der Waals surface area (Å²) in [7, 11) is 0. The van der Waals surface area contributed by atoms with Crippen molar-refractivity contribution in [3.63, 3.8) is 0 Å². The maximum atomic E-state index is 12.6. The number of alkyl halides is 3. The highest BCUT2D eigenvalue weighted by molar-refractivity contribution is 8.00. The first kappa shape index (κ1) is 18.7. The predicted molar refractivity (Wildman–Crippen MR) is 89.4 cm³/mol. The largest absolute Gasteiger partial charge is 0.454 e. The second-order valence-electron chi connectivity index (χ2n) is 5.26. The lowest BCUT2D eigenvalue weighted by Crippen LogP contribution is -2.24. The van der Waals surface area contributed by atoms with Crippen LogP contribution >= 0.6 is 23.4 Å². The van der Waals surface area contributed by atoms with Gasteiger partial charge in [0.1, 0.15) is 5.03 Å². The van der Waals surface area contributed by atoms with Gasteiger partial charge in [0.2, 0.25) is 12.7 Å². The van der Waals surface area contributed by atoms with Crippen LogP contribution in [0.25, 0.3) is 0 Å². The molecule has 2 aromatic rings. The Morgan fingerprint density at radius 3 is 2.77 bits per heavy atom. The third kappa shape index (κ3) is 4.53. The zero-order valence-electron chi connectivity index (χ0n) is 13.1. The molecule has 0 atom stereocenters. The minimum atomic E-state index is -4.51. The quantitative estimate of drug-likeness (QED) is 0.766. The van der Waals surface area contributed by atoms with Crippen LogP contribution in [-0.4, -0.2) is 23.4 Å². The van der Waals surface area contributed by atoms with Crippen molar-refractivity contribution in [1.29, 1.82) is 0 Å². The van der Waals surface area contributed by atoms with Crippen LogP contribution < -0.4 is 14.8 Å². The number of rotatable bonds is 5. The Hall–Kier alpha value is -2.13. The number of nitrogens with one attached hydrogen (secondary N) is 1. The molecule has 0 unspecified atom stereocenters. The van der Waals surface area contributed by atoms with Gasteiger partial charge in [-0.1, -0.05) is 29.4 Å². The number of hydrogen-bond donors (Lipinski definition) is 1. The van der Waals surface area contributed by atoms with Crippen molar-refractivity contribution in [1.82, 2.24) is 10.3 Å². The summed E-state index contributed by atoms with van der Waals surface area (Å²) in [4.78, 5) is 15.6. The maximum absolute atomic E-state index is 12.6. The van der Waals surface area contributed by atoms with Crippen molar-refractivity contribution in [2.75, 3.05) is 12.5 Å². The monoisotopic (exact) mass is 404 g/mol. The number of aromatic nitrogens is 1. The Morgan fingerprint density at radius 2 is 2.04 bits per heavy atom. The Kier molecular flexibility index (Phi) is 5.47. The second-order valence-corrected chi connectivity index (χ2v) is 6.63. The highest BCUT2D eigenvalue weighted by atomic mass is 35.5. The molecular weight excluding hydrogens is 393 g/mol. The molecule has 0 saturated heterocycles. The van der Waals surface area contributed by atoms with E-state index in [9.17, 15) is 18.0 Å². The molecule has 0 radical (unpaired) electrons. The number of thioether (sulfide) groups is 1. The van der Waals surface area contributed by atoms with Crippen molar-refractivity contribution in [3.05, 3.63) is 46.6 Å². The number of nitrogens with zero attached hydrogens (tertiary/aromatic N) is 1. The average molecular weight is 405 g/mol. The summed E-state index contributed by atoms with van der Waals surface area (Å²) < 4.78 is 48.2. The Balaban J connectivity index is 1.51. The van der Waals surface area contributed by atoms with E-state index in [2.05, 4.69) is 10.3 Å². The summed E-state index contributed by atoms with van der Waals surface area (Å²) in [5.74, 6) is 0.943. The Labute approximate surface area is 155 Å². The lowest BCUT2D eigenvalue weighted by Gasteiger charge is -2.09. The molecule has 0 saturated carbocycles. The molecule has 1 aromatic heterocycles. The van der Waals surface area contributed by atoms with E-state index in [1.54, 1.807) is 18.2 Å². The van der Waals surface area contributed by atoms with Gasteiger partial charge < -0.3 is 14.8 Å². The third-order valence-corrected chi connectivity index (χ3v) is 4.81. The van der Waals surface area contributed by atoms with Crippen molar-refractivity contribution < 1.29 is 27.4 Å². The van der Waals surface area contributed by atoms with E-state index >= 15 is 0 Å². The molecule has 10 heteroatoms.